The van der Waals surface area contributed by atoms with Crippen LogP contribution in [0.3, 0.4) is 0 Å². The highest BCUT2D eigenvalue weighted by Gasteiger charge is 2.46. The van der Waals surface area contributed by atoms with E-state index in [0.717, 1.165) is 22.2 Å². The van der Waals surface area contributed by atoms with Crippen LogP contribution in [0.5, 0.6) is 11.5 Å². The van der Waals surface area contributed by atoms with Crippen LogP contribution in [0.15, 0.2) is 78.5 Å². The van der Waals surface area contributed by atoms with Gasteiger partial charge in [-0.3, -0.25) is 9.59 Å². The van der Waals surface area contributed by atoms with E-state index in [0.29, 0.717) is 28.3 Å². The second kappa shape index (κ2) is 10.0. The van der Waals surface area contributed by atoms with E-state index in [9.17, 15) is 14.7 Å². The maximum absolute atomic E-state index is 13.3. The highest BCUT2D eigenvalue weighted by atomic mass is 35.5. The Bertz CT molecular complexity index is 1520. The summed E-state index contributed by atoms with van der Waals surface area (Å²) >= 11 is 6.54. The first kappa shape index (κ1) is 24.5. The Morgan fingerprint density at radius 3 is 2.41 bits per heavy atom. The van der Waals surface area contributed by atoms with Gasteiger partial charge in [0.2, 0.25) is 0 Å². The van der Waals surface area contributed by atoms with Crippen molar-refractivity contribution in [2.45, 2.75) is 12.5 Å². The number of carbonyl (C=O) groups is 2. The molecule has 0 spiro atoms. The van der Waals surface area contributed by atoms with Crippen molar-refractivity contribution in [1.29, 1.82) is 0 Å². The standard InChI is InChI=1S/C29H25ClN2O5/c1-36-19-9-7-17(8-10-19)27(33)25-26(21-5-3-4-6-23(21)30)32(29(35)28(25)34)14-13-18-16-31-24-12-11-20(37-2)15-22(18)24/h3-12,15-16,26,31,33H,13-14H2,1-2H3/t26-/m0/s1. The van der Waals surface area contributed by atoms with Crippen molar-refractivity contribution in [1.82, 2.24) is 9.88 Å². The Kier molecular flexibility index (Phi) is 6.63. The second-order valence-corrected chi connectivity index (χ2v) is 9.13. The normalized spacial score (nSPS) is 16.9. The summed E-state index contributed by atoms with van der Waals surface area (Å²) in [7, 11) is 3.15. The van der Waals surface area contributed by atoms with E-state index >= 15 is 0 Å². The summed E-state index contributed by atoms with van der Waals surface area (Å²) in [6.07, 6.45) is 2.37. The molecule has 4 aromatic rings. The van der Waals surface area contributed by atoms with Gasteiger partial charge < -0.3 is 24.5 Å². The highest BCUT2D eigenvalue weighted by Crippen LogP contribution is 2.42. The van der Waals surface area contributed by atoms with Gasteiger partial charge in [0.05, 0.1) is 25.8 Å². The molecular formula is C29H25ClN2O5. The molecule has 1 amide bonds. The van der Waals surface area contributed by atoms with E-state index < -0.39 is 17.7 Å². The molecule has 5 rings (SSSR count). The molecule has 1 aliphatic rings. The maximum Gasteiger partial charge on any atom is 0.295 e. The minimum Gasteiger partial charge on any atom is -0.507 e. The SMILES string of the molecule is COc1ccc(C(O)=C2C(=O)C(=O)N(CCc3c[nH]c4ccc(OC)cc34)[C@H]2c2ccccc2Cl)cc1. The molecule has 1 saturated heterocycles. The third-order valence-electron chi connectivity index (χ3n) is 6.70. The molecule has 1 aromatic heterocycles. The number of nitrogens with zero attached hydrogens (tertiary/aromatic N) is 1. The molecule has 0 aliphatic carbocycles. The molecular weight excluding hydrogens is 492 g/mol. The summed E-state index contributed by atoms with van der Waals surface area (Å²) in [5, 5.41) is 12.6. The molecule has 1 atom stereocenters. The van der Waals surface area contributed by atoms with Crippen molar-refractivity contribution in [2.24, 2.45) is 0 Å². The lowest BCUT2D eigenvalue weighted by molar-refractivity contribution is -0.139. The van der Waals surface area contributed by atoms with Gasteiger partial charge in [-0.15, -0.1) is 0 Å². The van der Waals surface area contributed by atoms with Gasteiger partial charge in [-0.25, -0.2) is 0 Å². The van der Waals surface area contributed by atoms with E-state index in [2.05, 4.69) is 4.98 Å². The van der Waals surface area contributed by atoms with Gasteiger partial charge in [-0.2, -0.15) is 0 Å². The lowest BCUT2D eigenvalue weighted by Crippen LogP contribution is -2.31. The molecule has 0 bridgehead atoms. The highest BCUT2D eigenvalue weighted by molar-refractivity contribution is 6.47. The number of aliphatic hydroxyl groups excluding tert-OH is 1. The average molecular weight is 517 g/mol. The Balaban J connectivity index is 1.56. The van der Waals surface area contributed by atoms with Crippen LogP contribution in [0.25, 0.3) is 16.7 Å². The number of likely N-dealkylation sites (tertiary alicyclic amines) is 1. The van der Waals surface area contributed by atoms with Gasteiger partial charge in [0, 0.05) is 34.2 Å². The van der Waals surface area contributed by atoms with Crippen molar-refractivity contribution in [3.8, 4) is 11.5 Å². The number of Topliss-reactive ketones (excluding diaryl/α,β-unsaturated/α-hetero) is 1. The smallest absolute Gasteiger partial charge is 0.295 e. The first-order valence-electron chi connectivity index (χ1n) is 11.7. The number of hydrogen-bond donors (Lipinski definition) is 2. The zero-order chi connectivity index (χ0) is 26.1. The Labute approximate surface area is 218 Å². The van der Waals surface area contributed by atoms with E-state index in [1.165, 1.54) is 4.90 Å². The molecule has 2 N–H and O–H groups in total. The third-order valence-corrected chi connectivity index (χ3v) is 7.04. The number of hydrogen-bond acceptors (Lipinski definition) is 5. The van der Waals surface area contributed by atoms with Gasteiger partial charge >= 0.3 is 0 Å². The molecule has 3 aromatic carbocycles. The van der Waals surface area contributed by atoms with Crippen molar-refractivity contribution in [3.63, 3.8) is 0 Å². The number of fused-ring (bicyclic) bond motifs is 1. The minimum absolute atomic E-state index is 0.00358. The molecule has 7 nitrogen and oxygen atoms in total. The molecule has 1 fully saturated rings. The summed E-state index contributed by atoms with van der Waals surface area (Å²) in [4.78, 5) is 31.3. The molecule has 188 valence electrons. The van der Waals surface area contributed by atoms with Crippen LogP contribution in [0, 0.1) is 0 Å². The largest absolute Gasteiger partial charge is 0.507 e. The lowest BCUT2D eigenvalue weighted by Gasteiger charge is -2.26. The second-order valence-electron chi connectivity index (χ2n) is 8.72. The number of benzene rings is 3. The number of rotatable bonds is 7. The number of methoxy groups -OCH3 is 2. The van der Waals surface area contributed by atoms with Gasteiger partial charge in [-0.1, -0.05) is 29.8 Å². The van der Waals surface area contributed by atoms with Crippen molar-refractivity contribution < 1.29 is 24.2 Å². The molecule has 0 radical (unpaired) electrons. The van der Waals surface area contributed by atoms with Crippen LogP contribution < -0.4 is 9.47 Å². The molecule has 37 heavy (non-hydrogen) atoms. The number of amides is 1. The fraction of sp³-hybridized carbons (Fsp3) is 0.172. The van der Waals surface area contributed by atoms with Gasteiger partial charge in [-0.05, 0) is 66.1 Å². The first-order chi connectivity index (χ1) is 17.9. The maximum atomic E-state index is 13.3. The first-order valence-corrected chi connectivity index (χ1v) is 12.1. The van der Waals surface area contributed by atoms with Crippen molar-refractivity contribution in [2.75, 3.05) is 20.8 Å². The molecule has 2 heterocycles. The van der Waals surface area contributed by atoms with E-state index in [4.69, 9.17) is 21.1 Å². The number of ether oxygens (including phenoxy) is 2. The van der Waals surface area contributed by atoms with Crippen LogP contribution in [0.4, 0.5) is 0 Å². The average Bonchev–Trinajstić information content (AvgIpc) is 3.44. The fourth-order valence-electron chi connectivity index (χ4n) is 4.77. The molecule has 0 saturated carbocycles. The summed E-state index contributed by atoms with van der Waals surface area (Å²) in [6, 6.07) is 18.6. The van der Waals surface area contributed by atoms with Crippen LogP contribution in [0.2, 0.25) is 5.02 Å². The van der Waals surface area contributed by atoms with E-state index in [1.807, 2.05) is 24.4 Å². The zero-order valence-electron chi connectivity index (χ0n) is 20.3. The number of aliphatic hydroxyl groups is 1. The number of aromatic nitrogens is 1. The number of ketones is 1. The monoisotopic (exact) mass is 516 g/mol. The van der Waals surface area contributed by atoms with Crippen LogP contribution in [0.1, 0.15) is 22.7 Å². The van der Waals surface area contributed by atoms with Gasteiger partial charge in [0.1, 0.15) is 17.3 Å². The van der Waals surface area contributed by atoms with Gasteiger partial charge in [0.15, 0.2) is 0 Å². The summed E-state index contributed by atoms with van der Waals surface area (Å²) in [6.45, 7) is 0.240. The summed E-state index contributed by atoms with van der Waals surface area (Å²) in [5.74, 6) is -0.360. The number of nitrogens with one attached hydrogen (secondary N) is 1. The van der Waals surface area contributed by atoms with Crippen molar-refractivity contribution >= 4 is 40.0 Å². The molecule has 1 aliphatic heterocycles. The number of carbonyl (C=O) groups excluding carboxylic acids is 2. The van der Waals surface area contributed by atoms with E-state index in [1.54, 1.807) is 62.8 Å². The van der Waals surface area contributed by atoms with Crippen molar-refractivity contribution in [3.05, 3.63) is 100 Å². The number of H-pyrrole nitrogens is 1. The topological polar surface area (TPSA) is 91.9 Å². The summed E-state index contributed by atoms with van der Waals surface area (Å²) < 4.78 is 10.6. The number of aromatic amines is 1. The molecule has 0 unspecified atom stereocenters. The lowest BCUT2D eigenvalue weighted by atomic mass is 9.95. The van der Waals surface area contributed by atoms with Crippen LogP contribution >= 0.6 is 11.6 Å². The predicted molar refractivity (Wildman–Crippen MR) is 142 cm³/mol. The zero-order valence-corrected chi connectivity index (χ0v) is 21.1. The Morgan fingerprint density at radius 2 is 1.70 bits per heavy atom. The fourth-order valence-corrected chi connectivity index (χ4v) is 5.01. The third kappa shape index (κ3) is 4.42. The van der Waals surface area contributed by atoms with Gasteiger partial charge in [0.25, 0.3) is 11.7 Å². The predicted octanol–water partition coefficient (Wildman–Crippen LogP) is 5.50. The summed E-state index contributed by atoms with van der Waals surface area (Å²) in [5.41, 5.74) is 2.89. The van der Waals surface area contributed by atoms with Crippen LogP contribution in [-0.2, 0) is 16.0 Å². The Hall–Kier alpha value is -4.23. The quantitative estimate of drug-likeness (QED) is 0.192. The molecule has 8 heteroatoms. The Morgan fingerprint density at radius 1 is 1.00 bits per heavy atom. The number of halogens is 1. The van der Waals surface area contributed by atoms with E-state index in [-0.39, 0.29) is 17.9 Å². The van der Waals surface area contributed by atoms with Crippen LogP contribution in [-0.4, -0.2) is 47.4 Å². The minimum atomic E-state index is -0.837.